The van der Waals surface area contributed by atoms with Crippen LogP contribution in [0, 0.1) is 12.7 Å². The molecule has 18 heavy (non-hydrogen) atoms. The van der Waals surface area contributed by atoms with Gasteiger partial charge >= 0.3 is 0 Å². The third kappa shape index (κ3) is 2.94. The predicted octanol–water partition coefficient (Wildman–Crippen LogP) is 2.88. The van der Waals surface area contributed by atoms with Gasteiger partial charge in [-0.1, -0.05) is 36.4 Å². The number of hydrogen-bond donors (Lipinski definition) is 2. The first kappa shape index (κ1) is 12.7. The van der Waals surface area contributed by atoms with E-state index in [1.807, 2.05) is 12.1 Å². The molecule has 0 aromatic heterocycles. The first-order chi connectivity index (χ1) is 8.70. The van der Waals surface area contributed by atoms with E-state index in [2.05, 4.69) is 24.5 Å². The van der Waals surface area contributed by atoms with Crippen LogP contribution in [-0.4, -0.2) is 0 Å². The fourth-order valence-corrected chi connectivity index (χ4v) is 2.09. The molecule has 0 heterocycles. The van der Waals surface area contributed by atoms with Gasteiger partial charge in [-0.05, 0) is 42.2 Å². The minimum absolute atomic E-state index is 0.0386. The summed E-state index contributed by atoms with van der Waals surface area (Å²) in [5.41, 5.74) is 6.25. The monoisotopic (exact) mass is 244 g/mol. The molecule has 2 aromatic carbocycles. The standard InChI is InChI=1S/C15H17FN2/c1-11-4-2-3-5-14(11)15(18-17)10-12-6-8-13(16)9-7-12/h2-9,15,18H,10,17H2,1H3. The highest BCUT2D eigenvalue weighted by molar-refractivity contribution is 5.30. The second kappa shape index (κ2) is 5.76. The van der Waals surface area contributed by atoms with Crippen molar-refractivity contribution in [2.45, 2.75) is 19.4 Å². The molecular formula is C15H17FN2. The van der Waals surface area contributed by atoms with Gasteiger partial charge in [0.1, 0.15) is 5.82 Å². The molecule has 94 valence electrons. The molecule has 2 rings (SSSR count). The Morgan fingerprint density at radius 1 is 1.11 bits per heavy atom. The molecule has 2 nitrogen and oxygen atoms in total. The molecule has 3 heteroatoms. The van der Waals surface area contributed by atoms with Gasteiger partial charge < -0.3 is 0 Å². The molecule has 0 saturated carbocycles. The van der Waals surface area contributed by atoms with Crippen molar-refractivity contribution in [1.29, 1.82) is 0 Å². The van der Waals surface area contributed by atoms with Crippen molar-refractivity contribution in [1.82, 2.24) is 5.43 Å². The lowest BCUT2D eigenvalue weighted by molar-refractivity contribution is 0.548. The van der Waals surface area contributed by atoms with Gasteiger partial charge in [-0.2, -0.15) is 0 Å². The van der Waals surface area contributed by atoms with E-state index in [-0.39, 0.29) is 11.9 Å². The number of aryl methyl sites for hydroxylation is 1. The maximum Gasteiger partial charge on any atom is 0.123 e. The second-order valence-electron chi connectivity index (χ2n) is 4.41. The zero-order valence-electron chi connectivity index (χ0n) is 10.4. The van der Waals surface area contributed by atoms with Crippen molar-refractivity contribution in [3.8, 4) is 0 Å². The predicted molar refractivity (Wildman–Crippen MR) is 71.3 cm³/mol. The molecule has 0 aliphatic rings. The van der Waals surface area contributed by atoms with Crippen LogP contribution in [0.4, 0.5) is 4.39 Å². The molecule has 0 fully saturated rings. The minimum Gasteiger partial charge on any atom is -0.271 e. The Morgan fingerprint density at radius 2 is 1.78 bits per heavy atom. The van der Waals surface area contributed by atoms with Crippen LogP contribution in [0.5, 0.6) is 0 Å². The third-order valence-corrected chi connectivity index (χ3v) is 3.12. The Bertz CT molecular complexity index is 508. The van der Waals surface area contributed by atoms with E-state index in [1.54, 1.807) is 12.1 Å². The van der Waals surface area contributed by atoms with Crippen molar-refractivity contribution in [2.75, 3.05) is 0 Å². The molecule has 0 saturated heterocycles. The van der Waals surface area contributed by atoms with E-state index < -0.39 is 0 Å². The van der Waals surface area contributed by atoms with Gasteiger partial charge in [0.05, 0.1) is 6.04 Å². The van der Waals surface area contributed by atoms with E-state index in [0.717, 1.165) is 12.0 Å². The summed E-state index contributed by atoms with van der Waals surface area (Å²) in [6, 6.07) is 14.7. The normalized spacial score (nSPS) is 12.4. The fourth-order valence-electron chi connectivity index (χ4n) is 2.09. The number of nitrogens with two attached hydrogens (primary N) is 1. The van der Waals surface area contributed by atoms with E-state index in [0.29, 0.717) is 0 Å². The van der Waals surface area contributed by atoms with Crippen molar-refractivity contribution in [3.63, 3.8) is 0 Å². The molecule has 0 radical (unpaired) electrons. The van der Waals surface area contributed by atoms with Crippen molar-refractivity contribution in [2.24, 2.45) is 5.84 Å². The van der Waals surface area contributed by atoms with Crippen LogP contribution in [0.3, 0.4) is 0 Å². The van der Waals surface area contributed by atoms with Crippen LogP contribution >= 0.6 is 0 Å². The van der Waals surface area contributed by atoms with Gasteiger partial charge in [0.15, 0.2) is 0 Å². The maximum atomic E-state index is 12.9. The lowest BCUT2D eigenvalue weighted by Crippen LogP contribution is -2.30. The van der Waals surface area contributed by atoms with Gasteiger partial charge in [0.25, 0.3) is 0 Å². The number of hydrogen-bond acceptors (Lipinski definition) is 2. The van der Waals surface area contributed by atoms with Crippen LogP contribution < -0.4 is 11.3 Å². The van der Waals surface area contributed by atoms with Crippen LogP contribution in [0.15, 0.2) is 48.5 Å². The van der Waals surface area contributed by atoms with Crippen LogP contribution in [0.1, 0.15) is 22.7 Å². The highest BCUT2D eigenvalue weighted by Crippen LogP contribution is 2.21. The van der Waals surface area contributed by atoms with Gasteiger partial charge in [0, 0.05) is 0 Å². The van der Waals surface area contributed by atoms with Crippen molar-refractivity contribution < 1.29 is 4.39 Å². The Balaban J connectivity index is 2.20. The highest BCUT2D eigenvalue weighted by atomic mass is 19.1. The molecule has 1 unspecified atom stereocenters. The summed E-state index contributed by atoms with van der Waals surface area (Å²) < 4.78 is 12.9. The summed E-state index contributed by atoms with van der Waals surface area (Å²) in [5.74, 6) is 5.41. The molecule has 0 amide bonds. The summed E-state index contributed by atoms with van der Waals surface area (Å²) in [6.07, 6.45) is 0.738. The second-order valence-corrected chi connectivity index (χ2v) is 4.41. The van der Waals surface area contributed by atoms with E-state index in [9.17, 15) is 4.39 Å². The lowest BCUT2D eigenvalue weighted by atomic mass is 9.96. The number of hydrazine groups is 1. The lowest BCUT2D eigenvalue weighted by Gasteiger charge is -2.18. The summed E-state index contributed by atoms with van der Waals surface area (Å²) in [5, 5.41) is 0. The molecule has 0 aliphatic heterocycles. The first-order valence-corrected chi connectivity index (χ1v) is 5.97. The number of halogens is 1. The average molecular weight is 244 g/mol. The molecule has 3 N–H and O–H groups in total. The summed E-state index contributed by atoms with van der Waals surface area (Å²) in [7, 11) is 0. The summed E-state index contributed by atoms with van der Waals surface area (Å²) in [4.78, 5) is 0. The summed E-state index contributed by atoms with van der Waals surface area (Å²) >= 11 is 0. The van der Waals surface area contributed by atoms with Gasteiger partial charge in [0.2, 0.25) is 0 Å². The fraction of sp³-hybridized carbons (Fsp3) is 0.200. The van der Waals surface area contributed by atoms with Crippen LogP contribution in [0.25, 0.3) is 0 Å². The van der Waals surface area contributed by atoms with E-state index >= 15 is 0 Å². The van der Waals surface area contributed by atoms with E-state index in [4.69, 9.17) is 5.84 Å². The third-order valence-electron chi connectivity index (χ3n) is 3.12. The molecule has 2 aromatic rings. The van der Waals surface area contributed by atoms with Crippen LogP contribution in [0.2, 0.25) is 0 Å². The Morgan fingerprint density at radius 3 is 2.39 bits per heavy atom. The first-order valence-electron chi connectivity index (χ1n) is 5.97. The topological polar surface area (TPSA) is 38.0 Å². The Labute approximate surface area is 107 Å². The number of nitrogens with one attached hydrogen (secondary N) is 1. The van der Waals surface area contributed by atoms with Gasteiger partial charge in [-0.3, -0.25) is 11.3 Å². The molecular weight excluding hydrogens is 227 g/mol. The van der Waals surface area contributed by atoms with Crippen molar-refractivity contribution in [3.05, 3.63) is 71.0 Å². The Hall–Kier alpha value is -1.71. The smallest absolute Gasteiger partial charge is 0.123 e. The molecule has 0 bridgehead atoms. The molecule has 0 spiro atoms. The Kier molecular flexibility index (Phi) is 4.07. The average Bonchev–Trinajstić information content (AvgIpc) is 2.39. The quantitative estimate of drug-likeness (QED) is 0.641. The summed E-state index contributed by atoms with van der Waals surface area (Å²) in [6.45, 7) is 2.06. The number of benzene rings is 2. The zero-order valence-corrected chi connectivity index (χ0v) is 10.4. The van der Waals surface area contributed by atoms with E-state index in [1.165, 1.54) is 23.3 Å². The molecule has 1 atom stereocenters. The van der Waals surface area contributed by atoms with Gasteiger partial charge in [-0.15, -0.1) is 0 Å². The van der Waals surface area contributed by atoms with Crippen LogP contribution in [-0.2, 0) is 6.42 Å². The highest BCUT2D eigenvalue weighted by Gasteiger charge is 2.12. The zero-order chi connectivity index (χ0) is 13.0. The SMILES string of the molecule is Cc1ccccc1C(Cc1ccc(F)cc1)NN. The molecule has 0 aliphatic carbocycles. The minimum atomic E-state index is -0.216. The van der Waals surface area contributed by atoms with Crippen molar-refractivity contribution >= 4 is 0 Å². The van der Waals surface area contributed by atoms with Gasteiger partial charge in [-0.25, -0.2) is 4.39 Å². The largest absolute Gasteiger partial charge is 0.271 e. The maximum absolute atomic E-state index is 12.9. The number of rotatable bonds is 4.